The minimum atomic E-state index is 0. The Morgan fingerprint density at radius 1 is 1.25 bits per heavy atom. The molecule has 1 aliphatic carbocycles. The van der Waals surface area contributed by atoms with Gasteiger partial charge >= 0.3 is 0 Å². The highest BCUT2D eigenvalue weighted by molar-refractivity contribution is 6.06. The SMILES string of the molecule is C[C@@H]1CNCCN1C(=O)c1cc(C2CC2)nc2ccccc12.Cl.Cl. The zero-order chi connectivity index (χ0) is 15.1. The van der Waals surface area contributed by atoms with Gasteiger partial charge in [0.1, 0.15) is 0 Å². The summed E-state index contributed by atoms with van der Waals surface area (Å²) in [7, 11) is 0. The van der Waals surface area contributed by atoms with Crippen LogP contribution in [-0.4, -0.2) is 41.5 Å². The van der Waals surface area contributed by atoms with E-state index in [1.165, 1.54) is 12.8 Å². The van der Waals surface area contributed by atoms with Gasteiger partial charge in [-0.15, -0.1) is 24.8 Å². The molecule has 0 radical (unpaired) electrons. The molecule has 2 heterocycles. The Bertz CT molecular complexity index is 733. The van der Waals surface area contributed by atoms with E-state index >= 15 is 0 Å². The third kappa shape index (κ3) is 3.51. The molecule has 2 aliphatic rings. The van der Waals surface area contributed by atoms with Crippen LogP contribution >= 0.6 is 24.8 Å². The van der Waals surface area contributed by atoms with Crippen molar-refractivity contribution in [2.24, 2.45) is 0 Å². The average molecular weight is 368 g/mol. The first-order valence-corrected chi connectivity index (χ1v) is 8.15. The second-order valence-electron chi connectivity index (χ2n) is 6.44. The van der Waals surface area contributed by atoms with Crippen LogP contribution in [0, 0.1) is 0 Å². The average Bonchev–Trinajstić information content (AvgIpc) is 3.38. The molecule has 1 aliphatic heterocycles. The number of para-hydroxylation sites is 1. The third-order valence-electron chi connectivity index (χ3n) is 4.72. The summed E-state index contributed by atoms with van der Waals surface area (Å²) in [5, 5.41) is 4.32. The van der Waals surface area contributed by atoms with Gasteiger partial charge in [-0.2, -0.15) is 0 Å². The molecule has 24 heavy (non-hydrogen) atoms. The molecule has 0 bridgehead atoms. The van der Waals surface area contributed by atoms with Gasteiger partial charge in [-0.1, -0.05) is 18.2 Å². The Hall–Kier alpha value is -1.36. The van der Waals surface area contributed by atoms with Gasteiger partial charge in [0.2, 0.25) is 0 Å². The minimum absolute atomic E-state index is 0. The molecule has 2 fully saturated rings. The molecule has 6 heteroatoms. The lowest BCUT2D eigenvalue weighted by molar-refractivity contribution is 0.0657. The number of benzene rings is 1. The molecule has 1 atom stereocenters. The Morgan fingerprint density at radius 2 is 2.00 bits per heavy atom. The molecule has 2 aromatic rings. The van der Waals surface area contributed by atoms with E-state index in [4.69, 9.17) is 4.98 Å². The zero-order valence-electron chi connectivity index (χ0n) is 13.7. The molecule has 1 aromatic carbocycles. The number of rotatable bonds is 2. The monoisotopic (exact) mass is 367 g/mol. The van der Waals surface area contributed by atoms with Gasteiger partial charge in [0.15, 0.2) is 0 Å². The van der Waals surface area contributed by atoms with E-state index in [0.717, 1.165) is 41.8 Å². The topological polar surface area (TPSA) is 45.2 Å². The molecular weight excluding hydrogens is 345 g/mol. The van der Waals surface area contributed by atoms with E-state index in [9.17, 15) is 4.79 Å². The predicted octanol–water partition coefficient (Wildman–Crippen LogP) is 3.39. The summed E-state index contributed by atoms with van der Waals surface area (Å²) in [6, 6.07) is 10.3. The Morgan fingerprint density at radius 3 is 2.71 bits per heavy atom. The fourth-order valence-electron chi connectivity index (χ4n) is 3.26. The highest BCUT2D eigenvalue weighted by Crippen LogP contribution is 2.40. The van der Waals surface area contributed by atoms with Crippen molar-refractivity contribution < 1.29 is 4.79 Å². The Balaban J connectivity index is 0.00000104. The molecule has 1 aromatic heterocycles. The van der Waals surface area contributed by atoms with Crippen LogP contribution < -0.4 is 5.32 Å². The van der Waals surface area contributed by atoms with Crippen LogP contribution in [0.3, 0.4) is 0 Å². The summed E-state index contributed by atoms with van der Waals surface area (Å²) in [4.78, 5) is 19.8. The standard InChI is InChI=1S/C18H21N3O.2ClH/c1-12-11-19-8-9-21(12)18(22)15-10-17(13-6-7-13)20-16-5-3-2-4-14(15)16;;/h2-5,10,12-13,19H,6-9,11H2,1H3;2*1H/t12-;;/m1../s1. The van der Waals surface area contributed by atoms with Crippen LogP contribution in [0.5, 0.6) is 0 Å². The number of carbonyl (C=O) groups is 1. The maximum atomic E-state index is 13.1. The molecule has 0 spiro atoms. The fraction of sp³-hybridized carbons (Fsp3) is 0.444. The van der Waals surface area contributed by atoms with E-state index in [0.29, 0.717) is 5.92 Å². The van der Waals surface area contributed by atoms with Gasteiger partial charge in [0, 0.05) is 42.7 Å². The van der Waals surface area contributed by atoms with Crippen molar-refractivity contribution in [2.45, 2.75) is 31.7 Å². The summed E-state index contributed by atoms with van der Waals surface area (Å²) in [5.41, 5.74) is 2.85. The predicted molar refractivity (Wildman–Crippen MR) is 102 cm³/mol. The first kappa shape index (κ1) is 19.0. The smallest absolute Gasteiger partial charge is 0.254 e. The van der Waals surface area contributed by atoms with Crippen LogP contribution in [0.1, 0.15) is 41.7 Å². The van der Waals surface area contributed by atoms with E-state index < -0.39 is 0 Å². The molecule has 1 saturated carbocycles. The number of piperazine rings is 1. The van der Waals surface area contributed by atoms with Crippen LogP contribution in [0.25, 0.3) is 10.9 Å². The number of hydrogen-bond acceptors (Lipinski definition) is 3. The summed E-state index contributed by atoms with van der Waals surface area (Å²) in [6.07, 6.45) is 2.39. The maximum Gasteiger partial charge on any atom is 0.254 e. The number of amides is 1. The summed E-state index contributed by atoms with van der Waals surface area (Å²) in [6.45, 7) is 4.61. The third-order valence-corrected chi connectivity index (χ3v) is 4.72. The van der Waals surface area contributed by atoms with Crippen molar-refractivity contribution in [2.75, 3.05) is 19.6 Å². The summed E-state index contributed by atoms with van der Waals surface area (Å²) in [5.74, 6) is 0.700. The molecule has 1 amide bonds. The van der Waals surface area contributed by atoms with E-state index in [2.05, 4.69) is 12.2 Å². The highest BCUT2D eigenvalue weighted by Gasteiger charge is 2.29. The van der Waals surface area contributed by atoms with E-state index in [1.54, 1.807) is 0 Å². The van der Waals surface area contributed by atoms with Crippen molar-refractivity contribution in [3.8, 4) is 0 Å². The summed E-state index contributed by atoms with van der Waals surface area (Å²) < 4.78 is 0. The number of halogens is 2. The molecule has 130 valence electrons. The molecule has 1 saturated heterocycles. The highest BCUT2D eigenvalue weighted by atomic mass is 35.5. The second kappa shape index (κ2) is 7.68. The molecular formula is C18H23Cl2N3O. The number of nitrogens with one attached hydrogen (secondary N) is 1. The lowest BCUT2D eigenvalue weighted by Crippen LogP contribution is -2.52. The second-order valence-corrected chi connectivity index (χ2v) is 6.44. The number of hydrogen-bond donors (Lipinski definition) is 1. The van der Waals surface area contributed by atoms with E-state index in [1.807, 2.05) is 35.2 Å². The minimum Gasteiger partial charge on any atom is -0.333 e. The van der Waals surface area contributed by atoms with Gasteiger partial charge in [-0.05, 0) is 31.9 Å². The number of pyridine rings is 1. The number of aromatic nitrogens is 1. The Kier molecular flexibility index (Phi) is 6.07. The van der Waals surface area contributed by atoms with Crippen molar-refractivity contribution in [3.63, 3.8) is 0 Å². The van der Waals surface area contributed by atoms with Crippen LogP contribution in [0.4, 0.5) is 0 Å². The van der Waals surface area contributed by atoms with Gasteiger partial charge in [-0.25, -0.2) is 0 Å². The van der Waals surface area contributed by atoms with Crippen LogP contribution in [0.2, 0.25) is 0 Å². The van der Waals surface area contributed by atoms with Crippen molar-refractivity contribution in [3.05, 3.63) is 41.6 Å². The number of nitrogens with zero attached hydrogens (tertiary/aromatic N) is 2. The lowest BCUT2D eigenvalue weighted by atomic mass is 10.0. The van der Waals surface area contributed by atoms with Gasteiger partial charge < -0.3 is 10.2 Å². The lowest BCUT2D eigenvalue weighted by Gasteiger charge is -2.34. The summed E-state index contributed by atoms with van der Waals surface area (Å²) >= 11 is 0. The van der Waals surface area contributed by atoms with Gasteiger partial charge in [0.05, 0.1) is 11.1 Å². The number of fused-ring (bicyclic) bond motifs is 1. The van der Waals surface area contributed by atoms with Crippen LogP contribution in [-0.2, 0) is 0 Å². The maximum absolute atomic E-state index is 13.1. The fourth-order valence-corrected chi connectivity index (χ4v) is 3.26. The molecule has 0 unspecified atom stereocenters. The first-order chi connectivity index (χ1) is 10.7. The molecule has 4 nitrogen and oxygen atoms in total. The van der Waals surface area contributed by atoms with Crippen molar-refractivity contribution in [1.29, 1.82) is 0 Å². The zero-order valence-corrected chi connectivity index (χ0v) is 15.3. The normalized spacial score (nSPS) is 20.2. The quantitative estimate of drug-likeness (QED) is 0.884. The largest absolute Gasteiger partial charge is 0.333 e. The number of carbonyl (C=O) groups excluding carboxylic acids is 1. The van der Waals surface area contributed by atoms with Crippen molar-refractivity contribution in [1.82, 2.24) is 15.2 Å². The van der Waals surface area contributed by atoms with Crippen LogP contribution in [0.15, 0.2) is 30.3 Å². The van der Waals surface area contributed by atoms with E-state index in [-0.39, 0.29) is 36.8 Å². The first-order valence-electron chi connectivity index (χ1n) is 8.15. The van der Waals surface area contributed by atoms with Gasteiger partial charge in [0.25, 0.3) is 5.91 Å². The Labute approximate surface area is 154 Å². The molecule has 1 N–H and O–H groups in total. The van der Waals surface area contributed by atoms with Crippen molar-refractivity contribution >= 4 is 41.6 Å². The molecule has 4 rings (SSSR count). The van der Waals surface area contributed by atoms with Gasteiger partial charge in [-0.3, -0.25) is 9.78 Å².